The van der Waals surface area contributed by atoms with Crippen molar-refractivity contribution in [2.75, 3.05) is 24.6 Å². The van der Waals surface area contributed by atoms with Gasteiger partial charge in [-0.2, -0.15) is 0 Å². The molecule has 1 unspecified atom stereocenters. The molecule has 2 rings (SSSR count). The third kappa shape index (κ3) is 3.49. The van der Waals surface area contributed by atoms with Gasteiger partial charge in [0.15, 0.2) is 9.84 Å². The van der Waals surface area contributed by atoms with Crippen molar-refractivity contribution in [3.8, 4) is 0 Å². The Morgan fingerprint density at radius 2 is 2.05 bits per heavy atom. The summed E-state index contributed by atoms with van der Waals surface area (Å²) in [7, 11) is -3.06. The van der Waals surface area contributed by atoms with Crippen molar-refractivity contribution in [1.82, 2.24) is 10.6 Å². The van der Waals surface area contributed by atoms with E-state index in [1.165, 1.54) is 0 Å². The van der Waals surface area contributed by atoms with E-state index in [4.69, 9.17) is 5.11 Å². The van der Waals surface area contributed by atoms with Crippen LogP contribution in [0.3, 0.4) is 0 Å². The zero-order valence-corrected chi connectivity index (χ0v) is 12.0. The monoisotopic (exact) mass is 304 g/mol. The second-order valence-corrected chi connectivity index (χ2v) is 7.91. The second kappa shape index (κ2) is 5.69. The average molecular weight is 304 g/mol. The Balaban J connectivity index is 1.80. The van der Waals surface area contributed by atoms with E-state index >= 15 is 0 Å². The predicted molar refractivity (Wildman–Crippen MR) is 72.0 cm³/mol. The number of carboxylic acids is 1. The van der Waals surface area contributed by atoms with Gasteiger partial charge in [-0.05, 0) is 12.8 Å². The lowest BCUT2D eigenvalue weighted by atomic mass is 9.69. The maximum absolute atomic E-state index is 11.8. The molecule has 114 valence electrons. The van der Waals surface area contributed by atoms with Crippen LogP contribution in [0.1, 0.15) is 25.7 Å². The topological polar surface area (TPSA) is 113 Å². The van der Waals surface area contributed by atoms with Gasteiger partial charge in [0, 0.05) is 25.6 Å². The van der Waals surface area contributed by atoms with Gasteiger partial charge in [0.1, 0.15) is 0 Å². The van der Waals surface area contributed by atoms with Gasteiger partial charge < -0.3 is 15.7 Å². The summed E-state index contributed by atoms with van der Waals surface area (Å²) in [6, 6.07) is -0.379. The van der Waals surface area contributed by atoms with Crippen LogP contribution >= 0.6 is 0 Å². The van der Waals surface area contributed by atoms with Crippen molar-refractivity contribution in [3.63, 3.8) is 0 Å². The van der Waals surface area contributed by atoms with Crippen molar-refractivity contribution in [2.45, 2.75) is 31.7 Å². The Hall–Kier alpha value is -1.15. The maximum Gasteiger partial charge on any atom is 0.311 e. The minimum absolute atomic E-state index is 0.0372. The van der Waals surface area contributed by atoms with Gasteiger partial charge in [-0.3, -0.25) is 9.59 Å². The highest BCUT2D eigenvalue weighted by Gasteiger charge is 2.44. The summed E-state index contributed by atoms with van der Waals surface area (Å²) >= 11 is 0. The molecule has 0 aromatic heterocycles. The van der Waals surface area contributed by atoms with Gasteiger partial charge in [0.25, 0.3) is 0 Å². The molecule has 2 aliphatic rings. The lowest BCUT2D eigenvalue weighted by molar-refractivity contribution is -0.154. The lowest BCUT2D eigenvalue weighted by Gasteiger charge is -2.37. The van der Waals surface area contributed by atoms with Crippen LogP contribution in [0.2, 0.25) is 0 Å². The molecule has 1 amide bonds. The number of amides is 1. The molecular weight excluding hydrogens is 284 g/mol. The van der Waals surface area contributed by atoms with E-state index in [-0.39, 0.29) is 36.4 Å². The zero-order chi connectivity index (χ0) is 14.8. The summed E-state index contributed by atoms with van der Waals surface area (Å²) in [4.78, 5) is 22.9. The largest absolute Gasteiger partial charge is 0.481 e. The number of aliphatic carboxylic acids is 1. The molecule has 0 aromatic rings. The summed E-state index contributed by atoms with van der Waals surface area (Å²) in [5, 5.41) is 14.8. The number of hydrogen-bond donors (Lipinski definition) is 3. The lowest BCUT2D eigenvalue weighted by Crippen LogP contribution is -2.50. The molecule has 0 radical (unpaired) electrons. The Kier molecular flexibility index (Phi) is 4.33. The van der Waals surface area contributed by atoms with Gasteiger partial charge in [-0.1, -0.05) is 6.42 Å². The van der Waals surface area contributed by atoms with Crippen LogP contribution in [-0.2, 0) is 19.4 Å². The Morgan fingerprint density at radius 3 is 2.55 bits per heavy atom. The van der Waals surface area contributed by atoms with Gasteiger partial charge in [0.05, 0.1) is 16.9 Å². The highest BCUT2D eigenvalue weighted by atomic mass is 32.2. The van der Waals surface area contributed by atoms with Gasteiger partial charge in [0.2, 0.25) is 5.91 Å². The standard InChI is InChI=1S/C12H20N2O5S/c15-10(6-9-7-20(18,19)5-4-13-9)14-8-12(11(16)17)2-1-3-12/h9,13H,1-8H2,(H,14,15)(H,16,17). The van der Waals surface area contributed by atoms with Crippen molar-refractivity contribution in [2.24, 2.45) is 5.41 Å². The summed E-state index contributed by atoms with van der Waals surface area (Å²) in [6.45, 7) is 0.486. The molecular formula is C12H20N2O5S. The van der Waals surface area contributed by atoms with Crippen LogP contribution in [0.5, 0.6) is 0 Å². The second-order valence-electron chi connectivity index (χ2n) is 5.69. The van der Waals surface area contributed by atoms with E-state index in [9.17, 15) is 18.0 Å². The van der Waals surface area contributed by atoms with Crippen molar-refractivity contribution in [1.29, 1.82) is 0 Å². The first-order valence-corrected chi connectivity index (χ1v) is 8.59. The van der Waals surface area contributed by atoms with E-state index in [0.29, 0.717) is 19.4 Å². The Bertz CT molecular complexity index is 498. The maximum atomic E-state index is 11.8. The summed E-state index contributed by atoms with van der Waals surface area (Å²) in [5.41, 5.74) is -0.818. The third-order valence-corrected chi connectivity index (χ3v) is 5.86. The molecule has 3 N–H and O–H groups in total. The van der Waals surface area contributed by atoms with Crippen LogP contribution < -0.4 is 10.6 Å². The molecule has 1 heterocycles. The SMILES string of the molecule is O=C(CC1CS(=O)(=O)CCN1)NCC1(C(=O)O)CCC1. The fourth-order valence-corrected chi connectivity index (χ4v) is 4.08. The number of carbonyl (C=O) groups is 2. The van der Waals surface area contributed by atoms with Gasteiger partial charge in [-0.15, -0.1) is 0 Å². The first-order valence-electron chi connectivity index (χ1n) is 6.77. The molecule has 1 aliphatic heterocycles. The quantitative estimate of drug-likeness (QED) is 0.609. The van der Waals surface area contributed by atoms with E-state index in [1.807, 2.05) is 0 Å². The number of nitrogens with one attached hydrogen (secondary N) is 2. The van der Waals surface area contributed by atoms with E-state index in [1.54, 1.807) is 0 Å². The molecule has 0 aromatic carbocycles. The van der Waals surface area contributed by atoms with E-state index in [0.717, 1.165) is 6.42 Å². The highest BCUT2D eigenvalue weighted by Crippen LogP contribution is 2.40. The van der Waals surface area contributed by atoms with Crippen LogP contribution in [0.4, 0.5) is 0 Å². The van der Waals surface area contributed by atoms with Crippen LogP contribution in [0.15, 0.2) is 0 Å². The molecule has 0 bridgehead atoms. The minimum atomic E-state index is -3.06. The summed E-state index contributed by atoms with van der Waals surface area (Å²) in [6.07, 6.45) is 2.09. The molecule has 8 heteroatoms. The first kappa shape index (κ1) is 15.2. The normalized spacial score (nSPS) is 27.3. The van der Waals surface area contributed by atoms with Crippen molar-refractivity contribution < 1.29 is 23.1 Å². The zero-order valence-electron chi connectivity index (χ0n) is 11.2. The number of carboxylic acid groups (broad SMARTS) is 1. The number of sulfone groups is 1. The average Bonchev–Trinajstić information content (AvgIpc) is 2.25. The molecule has 20 heavy (non-hydrogen) atoms. The smallest absolute Gasteiger partial charge is 0.311 e. The molecule has 7 nitrogen and oxygen atoms in total. The highest BCUT2D eigenvalue weighted by molar-refractivity contribution is 7.91. The number of carbonyl (C=O) groups excluding carboxylic acids is 1. The fraction of sp³-hybridized carbons (Fsp3) is 0.833. The molecule has 1 saturated carbocycles. The Labute approximate surface area is 118 Å². The van der Waals surface area contributed by atoms with E-state index < -0.39 is 21.2 Å². The molecule has 1 atom stereocenters. The van der Waals surface area contributed by atoms with Crippen LogP contribution in [0.25, 0.3) is 0 Å². The number of hydrogen-bond acceptors (Lipinski definition) is 5. The molecule has 0 spiro atoms. The Morgan fingerprint density at radius 1 is 1.35 bits per heavy atom. The van der Waals surface area contributed by atoms with Gasteiger partial charge >= 0.3 is 5.97 Å². The molecule has 1 saturated heterocycles. The van der Waals surface area contributed by atoms with Crippen molar-refractivity contribution >= 4 is 21.7 Å². The van der Waals surface area contributed by atoms with Crippen LogP contribution in [0, 0.1) is 5.41 Å². The fourth-order valence-electron chi connectivity index (χ4n) is 2.63. The van der Waals surface area contributed by atoms with Gasteiger partial charge in [-0.25, -0.2) is 8.42 Å². The van der Waals surface area contributed by atoms with E-state index in [2.05, 4.69) is 10.6 Å². The van der Waals surface area contributed by atoms with Crippen molar-refractivity contribution in [3.05, 3.63) is 0 Å². The third-order valence-electron chi connectivity index (χ3n) is 4.12. The van der Waals surface area contributed by atoms with Crippen LogP contribution in [-0.4, -0.2) is 56.0 Å². The molecule has 2 fully saturated rings. The molecule has 1 aliphatic carbocycles. The predicted octanol–water partition coefficient (Wildman–Crippen LogP) is -0.866. The summed E-state index contributed by atoms with van der Waals surface area (Å²) in [5.74, 6) is -1.10. The minimum Gasteiger partial charge on any atom is -0.481 e. The first-order chi connectivity index (χ1) is 9.33. The number of rotatable bonds is 5. The summed E-state index contributed by atoms with van der Waals surface area (Å²) < 4.78 is 22.9.